The van der Waals surface area contributed by atoms with Gasteiger partial charge in [-0.1, -0.05) is 54.6 Å². The predicted octanol–water partition coefficient (Wildman–Crippen LogP) is 5.64. The van der Waals surface area contributed by atoms with Crippen molar-refractivity contribution in [3.8, 4) is 11.1 Å². The van der Waals surface area contributed by atoms with Gasteiger partial charge in [-0.3, -0.25) is 14.4 Å². The van der Waals surface area contributed by atoms with Crippen molar-refractivity contribution in [3.63, 3.8) is 0 Å². The van der Waals surface area contributed by atoms with Crippen LogP contribution in [0.3, 0.4) is 0 Å². The minimum atomic E-state index is -0.613. The van der Waals surface area contributed by atoms with E-state index in [-0.39, 0.29) is 11.5 Å². The number of carbonyl (C=O) groups excluding carboxylic acids is 3. The Bertz CT molecular complexity index is 1380. The zero-order valence-electron chi connectivity index (χ0n) is 18.7. The molecule has 4 aromatic rings. The maximum Gasteiger partial charge on any atom is 0.256 e. The van der Waals surface area contributed by atoms with Gasteiger partial charge in [0, 0.05) is 27.3 Å². The fourth-order valence-electron chi connectivity index (χ4n) is 3.68. The summed E-state index contributed by atoms with van der Waals surface area (Å²) in [6.45, 7) is 3.74. The van der Waals surface area contributed by atoms with Crippen LogP contribution in [0.15, 0.2) is 78.9 Å². The van der Waals surface area contributed by atoms with Gasteiger partial charge in [0.2, 0.25) is 0 Å². The maximum absolute atomic E-state index is 13.1. The summed E-state index contributed by atoms with van der Waals surface area (Å²) in [5.74, 6) is -1.28. The summed E-state index contributed by atoms with van der Waals surface area (Å²) in [5.41, 5.74) is 9.77. The second-order valence-electron chi connectivity index (χ2n) is 7.77. The molecule has 0 unspecified atom stereocenters. The number of aryl methyl sites for hydroxylation is 2. The molecule has 4 rings (SSSR count). The topological polar surface area (TPSA) is 101 Å². The van der Waals surface area contributed by atoms with Gasteiger partial charge in [-0.15, -0.1) is 11.3 Å². The minimum Gasteiger partial charge on any atom is -0.365 e. The second kappa shape index (κ2) is 9.72. The van der Waals surface area contributed by atoms with Crippen molar-refractivity contribution >= 4 is 39.7 Å². The molecule has 0 spiro atoms. The molecule has 0 saturated heterocycles. The summed E-state index contributed by atoms with van der Waals surface area (Å²) in [6.07, 6.45) is 0. The van der Waals surface area contributed by atoms with Gasteiger partial charge in [0.25, 0.3) is 17.7 Å². The molecule has 0 fully saturated rings. The number of thiophene rings is 1. The number of benzene rings is 3. The largest absolute Gasteiger partial charge is 0.365 e. The van der Waals surface area contributed by atoms with E-state index in [9.17, 15) is 14.4 Å². The third-order valence-electron chi connectivity index (χ3n) is 5.40. The van der Waals surface area contributed by atoms with Crippen LogP contribution in [0, 0.1) is 13.8 Å². The number of hydrogen-bond donors (Lipinski definition) is 3. The van der Waals surface area contributed by atoms with E-state index in [1.165, 1.54) is 11.3 Å². The van der Waals surface area contributed by atoms with Crippen molar-refractivity contribution in [3.05, 3.63) is 106 Å². The Hall–Kier alpha value is -4.23. The van der Waals surface area contributed by atoms with Crippen molar-refractivity contribution in [1.29, 1.82) is 0 Å². The van der Waals surface area contributed by atoms with Gasteiger partial charge in [0.15, 0.2) is 0 Å². The highest BCUT2D eigenvalue weighted by molar-refractivity contribution is 7.17. The van der Waals surface area contributed by atoms with Crippen LogP contribution in [-0.4, -0.2) is 17.7 Å². The van der Waals surface area contributed by atoms with Gasteiger partial charge in [0.05, 0.1) is 5.56 Å². The predicted molar refractivity (Wildman–Crippen MR) is 137 cm³/mol. The highest BCUT2D eigenvalue weighted by Gasteiger charge is 2.23. The lowest BCUT2D eigenvalue weighted by Crippen LogP contribution is -2.18. The van der Waals surface area contributed by atoms with Gasteiger partial charge in [-0.05, 0) is 49.2 Å². The lowest BCUT2D eigenvalue weighted by molar-refractivity contribution is 0.0998. The summed E-state index contributed by atoms with van der Waals surface area (Å²) in [4.78, 5) is 38.9. The van der Waals surface area contributed by atoms with Gasteiger partial charge in [0.1, 0.15) is 5.00 Å². The van der Waals surface area contributed by atoms with Crippen LogP contribution in [0.25, 0.3) is 11.1 Å². The Morgan fingerprint density at radius 3 is 2.03 bits per heavy atom. The zero-order valence-corrected chi connectivity index (χ0v) is 19.5. The van der Waals surface area contributed by atoms with E-state index in [4.69, 9.17) is 5.73 Å². The fraction of sp³-hybridized carbons (Fsp3) is 0.0741. The third kappa shape index (κ3) is 4.74. The Morgan fingerprint density at radius 2 is 1.38 bits per heavy atom. The summed E-state index contributed by atoms with van der Waals surface area (Å²) >= 11 is 1.30. The molecule has 170 valence electrons. The van der Waals surface area contributed by atoms with Gasteiger partial charge in [-0.25, -0.2) is 0 Å². The van der Waals surface area contributed by atoms with E-state index < -0.39 is 11.8 Å². The molecule has 7 heteroatoms. The molecule has 3 aromatic carbocycles. The van der Waals surface area contributed by atoms with Crippen molar-refractivity contribution < 1.29 is 14.4 Å². The highest BCUT2D eigenvalue weighted by atomic mass is 32.1. The molecule has 0 atom stereocenters. The van der Waals surface area contributed by atoms with Crippen molar-refractivity contribution in [2.24, 2.45) is 5.73 Å². The van der Waals surface area contributed by atoms with Crippen molar-refractivity contribution in [2.45, 2.75) is 13.8 Å². The average molecular weight is 470 g/mol. The SMILES string of the molecule is Cc1ccc(C(=O)Nc2sc(C)c(-c3ccccc3)c2C(N)=O)cc1NC(=O)c1ccccc1. The number of amides is 3. The van der Waals surface area contributed by atoms with E-state index in [0.29, 0.717) is 27.4 Å². The number of nitrogens with two attached hydrogens (primary N) is 1. The normalized spacial score (nSPS) is 10.5. The molecule has 6 nitrogen and oxygen atoms in total. The van der Waals surface area contributed by atoms with Gasteiger partial charge in [-0.2, -0.15) is 0 Å². The average Bonchev–Trinajstić information content (AvgIpc) is 3.17. The molecule has 4 N–H and O–H groups in total. The van der Waals surface area contributed by atoms with Gasteiger partial charge >= 0.3 is 0 Å². The lowest BCUT2D eigenvalue weighted by atomic mass is 10.0. The van der Waals surface area contributed by atoms with Crippen molar-refractivity contribution in [2.75, 3.05) is 10.6 Å². The Balaban J connectivity index is 1.62. The van der Waals surface area contributed by atoms with E-state index >= 15 is 0 Å². The van der Waals surface area contributed by atoms with Crippen molar-refractivity contribution in [1.82, 2.24) is 0 Å². The number of carbonyl (C=O) groups is 3. The zero-order chi connectivity index (χ0) is 24.2. The molecule has 3 amide bonds. The van der Waals surface area contributed by atoms with Gasteiger partial charge < -0.3 is 16.4 Å². The van der Waals surface area contributed by atoms with E-state index in [1.54, 1.807) is 42.5 Å². The lowest BCUT2D eigenvalue weighted by Gasteiger charge is -2.11. The number of rotatable bonds is 6. The second-order valence-corrected chi connectivity index (χ2v) is 9.00. The van der Waals surface area contributed by atoms with E-state index in [1.807, 2.05) is 50.2 Å². The summed E-state index contributed by atoms with van der Waals surface area (Å²) in [5, 5.41) is 6.09. The molecule has 0 aliphatic rings. The number of anilines is 2. The van der Waals surface area contributed by atoms with E-state index in [0.717, 1.165) is 16.0 Å². The monoisotopic (exact) mass is 469 g/mol. The first-order valence-corrected chi connectivity index (χ1v) is 11.4. The first-order chi connectivity index (χ1) is 16.3. The standard InChI is InChI=1S/C27H23N3O3S/c1-16-13-14-20(15-21(16)29-25(32)19-11-7-4-8-12-19)26(33)30-27-23(24(28)31)22(17(2)34-27)18-9-5-3-6-10-18/h3-15H,1-2H3,(H2,28,31)(H,29,32)(H,30,33). The summed E-state index contributed by atoms with van der Waals surface area (Å²) < 4.78 is 0. The summed E-state index contributed by atoms with van der Waals surface area (Å²) in [6, 6.07) is 23.4. The third-order valence-corrected chi connectivity index (χ3v) is 6.42. The van der Waals surface area contributed by atoms with Crippen LogP contribution in [0.2, 0.25) is 0 Å². The molecule has 0 saturated carbocycles. The van der Waals surface area contributed by atoms with Crippen LogP contribution in [-0.2, 0) is 0 Å². The molecule has 0 radical (unpaired) electrons. The summed E-state index contributed by atoms with van der Waals surface area (Å²) in [7, 11) is 0. The molecule has 0 aliphatic heterocycles. The Labute approximate surface area is 201 Å². The Kier molecular flexibility index (Phi) is 6.56. The number of primary amides is 1. The molecular formula is C27H23N3O3S. The molecular weight excluding hydrogens is 446 g/mol. The van der Waals surface area contributed by atoms with E-state index in [2.05, 4.69) is 10.6 Å². The molecule has 1 aromatic heterocycles. The maximum atomic E-state index is 13.1. The minimum absolute atomic E-state index is 0.265. The number of nitrogens with one attached hydrogen (secondary N) is 2. The molecule has 0 bridgehead atoms. The number of hydrogen-bond acceptors (Lipinski definition) is 4. The van der Waals surface area contributed by atoms with Crippen LogP contribution >= 0.6 is 11.3 Å². The fourth-order valence-corrected chi connectivity index (χ4v) is 4.75. The first kappa shape index (κ1) is 22.9. The molecule has 1 heterocycles. The molecule has 34 heavy (non-hydrogen) atoms. The van der Waals surface area contributed by atoms with Crippen LogP contribution < -0.4 is 16.4 Å². The first-order valence-electron chi connectivity index (χ1n) is 10.6. The van der Waals surface area contributed by atoms with Crippen LogP contribution in [0.1, 0.15) is 41.5 Å². The highest BCUT2D eigenvalue weighted by Crippen LogP contribution is 2.39. The quantitative estimate of drug-likeness (QED) is 0.341. The smallest absolute Gasteiger partial charge is 0.256 e. The van der Waals surface area contributed by atoms with Crippen LogP contribution in [0.5, 0.6) is 0 Å². The molecule has 0 aliphatic carbocycles. The van der Waals surface area contributed by atoms with Crippen LogP contribution in [0.4, 0.5) is 10.7 Å². The Morgan fingerprint density at radius 1 is 0.765 bits per heavy atom.